The second-order valence-electron chi connectivity index (χ2n) is 6.01. The van der Waals surface area contributed by atoms with Crippen molar-refractivity contribution >= 4 is 17.7 Å². The molecule has 0 radical (unpaired) electrons. The average molecular weight is 364 g/mol. The van der Waals surface area contributed by atoms with E-state index in [4.69, 9.17) is 15.2 Å². The van der Waals surface area contributed by atoms with E-state index in [-0.39, 0.29) is 17.8 Å². The molecule has 1 atom stereocenters. The summed E-state index contributed by atoms with van der Waals surface area (Å²) < 4.78 is 13.3. The first-order valence-corrected chi connectivity index (χ1v) is 9.04. The molecule has 1 heterocycles. The fraction of sp³-hybridized carbons (Fsp3) is 0.471. The summed E-state index contributed by atoms with van der Waals surface area (Å²) in [6.07, 6.45) is -0.328. The van der Waals surface area contributed by atoms with E-state index < -0.39 is 0 Å². The lowest BCUT2D eigenvalue weighted by Gasteiger charge is -2.18. The van der Waals surface area contributed by atoms with Gasteiger partial charge in [-0.05, 0) is 25.0 Å². The van der Waals surface area contributed by atoms with Crippen molar-refractivity contribution in [2.24, 2.45) is 11.7 Å². The Morgan fingerprint density at radius 1 is 1.24 bits per heavy atom. The number of nitrogens with zero attached hydrogens (tertiary/aromatic N) is 3. The topological polar surface area (TPSA) is 92.3 Å². The normalized spacial score (nSPS) is 12.2. The molecule has 0 fully saturated rings. The highest BCUT2D eigenvalue weighted by Gasteiger charge is 2.21. The predicted octanol–water partition coefficient (Wildman–Crippen LogP) is 2.66. The summed E-state index contributed by atoms with van der Waals surface area (Å²) >= 11 is 1.28. The van der Waals surface area contributed by atoms with Crippen molar-refractivity contribution in [2.75, 3.05) is 12.9 Å². The Morgan fingerprint density at radius 3 is 2.52 bits per heavy atom. The van der Waals surface area contributed by atoms with E-state index >= 15 is 0 Å². The summed E-state index contributed by atoms with van der Waals surface area (Å²) in [5.74, 6) is 2.17. The summed E-state index contributed by atoms with van der Waals surface area (Å²) in [5, 5.41) is 9.14. The summed E-state index contributed by atoms with van der Waals surface area (Å²) in [7, 11) is 1.60. The van der Waals surface area contributed by atoms with Crippen molar-refractivity contribution < 1.29 is 14.3 Å². The monoisotopic (exact) mass is 364 g/mol. The number of amides is 1. The van der Waals surface area contributed by atoms with Gasteiger partial charge >= 0.3 is 0 Å². The van der Waals surface area contributed by atoms with Gasteiger partial charge in [-0.15, -0.1) is 10.2 Å². The van der Waals surface area contributed by atoms with Crippen LogP contribution in [-0.2, 0) is 11.3 Å². The summed E-state index contributed by atoms with van der Waals surface area (Å²) in [4.78, 5) is 11.1. The van der Waals surface area contributed by atoms with Crippen LogP contribution >= 0.6 is 11.8 Å². The Morgan fingerprint density at radius 2 is 1.92 bits per heavy atom. The third-order valence-electron chi connectivity index (χ3n) is 3.37. The quantitative estimate of drug-likeness (QED) is 0.688. The molecular formula is C17H24N4O3S. The largest absolute Gasteiger partial charge is 0.493 e. The van der Waals surface area contributed by atoms with Crippen LogP contribution in [0.15, 0.2) is 29.4 Å². The number of primary amides is 1. The molecule has 2 N–H and O–H groups in total. The van der Waals surface area contributed by atoms with Crippen LogP contribution in [0.4, 0.5) is 0 Å². The highest BCUT2D eigenvalue weighted by molar-refractivity contribution is 7.99. The number of para-hydroxylation sites is 2. The van der Waals surface area contributed by atoms with Gasteiger partial charge in [-0.2, -0.15) is 0 Å². The van der Waals surface area contributed by atoms with Crippen LogP contribution in [0.2, 0.25) is 0 Å². The first-order chi connectivity index (χ1) is 11.9. The van der Waals surface area contributed by atoms with Crippen LogP contribution in [0, 0.1) is 5.92 Å². The fourth-order valence-corrected chi connectivity index (χ4v) is 3.03. The molecule has 25 heavy (non-hydrogen) atoms. The fourth-order valence-electron chi connectivity index (χ4n) is 2.34. The van der Waals surface area contributed by atoms with Gasteiger partial charge in [0.05, 0.1) is 12.9 Å². The third-order valence-corrected chi connectivity index (χ3v) is 4.36. The van der Waals surface area contributed by atoms with Crippen molar-refractivity contribution in [2.45, 2.75) is 38.6 Å². The zero-order valence-electron chi connectivity index (χ0n) is 14.9. The molecule has 1 aromatic carbocycles. The second-order valence-corrected chi connectivity index (χ2v) is 6.95. The minimum Gasteiger partial charge on any atom is -0.493 e. The van der Waals surface area contributed by atoms with Gasteiger partial charge in [0.2, 0.25) is 5.91 Å². The summed E-state index contributed by atoms with van der Waals surface area (Å²) in [6.45, 7) is 6.86. The van der Waals surface area contributed by atoms with Gasteiger partial charge in [-0.25, -0.2) is 0 Å². The molecule has 0 saturated heterocycles. The smallest absolute Gasteiger partial charge is 0.227 e. The van der Waals surface area contributed by atoms with Crippen LogP contribution < -0.4 is 15.2 Å². The lowest BCUT2D eigenvalue weighted by atomic mass is 10.2. The number of rotatable bonds is 9. The Labute approximate surface area is 151 Å². The molecule has 1 aromatic heterocycles. The first-order valence-electron chi connectivity index (χ1n) is 8.06. The number of carbonyl (C=O) groups is 1. The molecule has 1 amide bonds. The van der Waals surface area contributed by atoms with E-state index in [1.807, 2.05) is 35.8 Å². The average Bonchev–Trinajstić information content (AvgIpc) is 2.95. The van der Waals surface area contributed by atoms with E-state index in [1.54, 1.807) is 7.11 Å². The molecule has 8 heteroatoms. The van der Waals surface area contributed by atoms with Gasteiger partial charge < -0.3 is 19.8 Å². The number of ether oxygens (including phenoxy) is 2. The minimum absolute atomic E-state index is 0.165. The molecule has 136 valence electrons. The SMILES string of the molecule is COc1ccccc1OC(C)c1nnc(SCC(N)=O)n1CC(C)C. The van der Waals surface area contributed by atoms with Crippen LogP contribution in [-0.4, -0.2) is 33.5 Å². The number of methoxy groups -OCH3 is 1. The molecule has 0 aliphatic heterocycles. The number of hydrogen-bond donors (Lipinski definition) is 1. The van der Waals surface area contributed by atoms with Gasteiger partial charge in [0.25, 0.3) is 0 Å². The highest BCUT2D eigenvalue weighted by atomic mass is 32.2. The molecule has 0 saturated carbocycles. The molecular weight excluding hydrogens is 340 g/mol. The number of aromatic nitrogens is 3. The van der Waals surface area contributed by atoms with Crippen molar-refractivity contribution in [3.8, 4) is 11.5 Å². The molecule has 0 bridgehead atoms. The van der Waals surface area contributed by atoms with Crippen LogP contribution in [0.5, 0.6) is 11.5 Å². The van der Waals surface area contributed by atoms with E-state index in [2.05, 4.69) is 24.0 Å². The van der Waals surface area contributed by atoms with E-state index in [1.165, 1.54) is 11.8 Å². The lowest BCUT2D eigenvalue weighted by molar-refractivity contribution is -0.115. The second kappa shape index (κ2) is 8.75. The Balaban J connectivity index is 2.25. The van der Waals surface area contributed by atoms with Crippen molar-refractivity contribution in [3.63, 3.8) is 0 Å². The first kappa shape index (κ1) is 19.1. The zero-order valence-corrected chi connectivity index (χ0v) is 15.7. The van der Waals surface area contributed by atoms with Crippen LogP contribution in [0.1, 0.15) is 32.7 Å². The molecule has 2 rings (SSSR count). The minimum atomic E-state index is -0.385. The highest BCUT2D eigenvalue weighted by Crippen LogP contribution is 2.31. The van der Waals surface area contributed by atoms with Crippen LogP contribution in [0.25, 0.3) is 0 Å². The number of hydrogen-bond acceptors (Lipinski definition) is 6. The molecule has 7 nitrogen and oxygen atoms in total. The maximum absolute atomic E-state index is 11.1. The zero-order chi connectivity index (χ0) is 18.4. The maximum atomic E-state index is 11.1. The van der Waals surface area contributed by atoms with E-state index in [0.717, 1.165) is 6.54 Å². The van der Waals surface area contributed by atoms with E-state index in [9.17, 15) is 4.79 Å². The lowest BCUT2D eigenvalue weighted by Crippen LogP contribution is -2.17. The van der Waals surface area contributed by atoms with Gasteiger partial charge in [0.1, 0.15) is 0 Å². The Hall–Kier alpha value is -2.22. The Bertz CT molecular complexity index is 718. The maximum Gasteiger partial charge on any atom is 0.227 e. The molecule has 0 aliphatic carbocycles. The van der Waals surface area contributed by atoms with Gasteiger partial charge in [-0.3, -0.25) is 4.79 Å². The van der Waals surface area contributed by atoms with Gasteiger partial charge in [-0.1, -0.05) is 37.7 Å². The predicted molar refractivity (Wildman–Crippen MR) is 96.8 cm³/mol. The van der Waals surface area contributed by atoms with E-state index in [0.29, 0.717) is 28.4 Å². The third kappa shape index (κ3) is 5.12. The molecule has 0 spiro atoms. The molecule has 0 aliphatic rings. The molecule has 1 unspecified atom stereocenters. The summed E-state index contributed by atoms with van der Waals surface area (Å²) in [6, 6.07) is 7.46. The van der Waals surface area contributed by atoms with Crippen molar-refractivity contribution in [1.29, 1.82) is 0 Å². The molecule has 2 aromatic rings. The standard InChI is InChI=1S/C17H24N4O3S/c1-11(2)9-21-16(19-20-17(21)25-10-15(18)22)12(3)24-14-8-6-5-7-13(14)23-4/h5-8,11-12H,9-10H2,1-4H3,(H2,18,22). The Kier molecular flexibility index (Phi) is 6.69. The number of thioether (sulfide) groups is 1. The summed E-state index contributed by atoms with van der Waals surface area (Å²) in [5.41, 5.74) is 5.24. The number of benzene rings is 1. The van der Waals surface area contributed by atoms with Crippen LogP contribution in [0.3, 0.4) is 0 Å². The van der Waals surface area contributed by atoms with Crippen molar-refractivity contribution in [3.05, 3.63) is 30.1 Å². The van der Waals surface area contributed by atoms with Crippen molar-refractivity contribution in [1.82, 2.24) is 14.8 Å². The van der Waals surface area contributed by atoms with Gasteiger partial charge in [0.15, 0.2) is 28.6 Å². The number of carbonyl (C=O) groups excluding carboxylic acids is 1. The van der Waals surface area contributed by atoms with Gasteiger partial charge in [0, 0.05) is 6.54 Å². The number of nitrogens with two attached hydrogens (primary N) is 1.